The number of carbonyl (C=O) groups excluding carboxylic acids is 1. The van der Waals surface area contributed by atoms with E-state index in [4.69, 9.17) is 16.3 Å². The smallest absolute Gasteiger partial charge is 0.251 e. The summed E-state index contributed by atoms with van der Waals surface area (Å²) in [4.78, 5) is 16.7. The Morgan fingerprint density at radius 2 is 1.89 bits per heavy atom. The quantitative estimate of drug-likeness (QED) is 0.596. The molecule has 0 aliphatic carbocycles. The first-order chi connectivity index (χ1) is 13.6. The summed E-state index contributed by atoms with van der Waals surface area (Å²) in [5.74, 6) is 1.34. The van der Waals surface area contributed by atoms with Crippen LogP contribution in [-0.2, 0) is 13.0 Å². The molecule has 0 unspecified atom stereocenters. The van der Waals surface area contributed by atoms with Gasteiger partial charge in [-0.05, 0) is 53.9 Å². The number of anilines is 1. The Kier molecular flexibility index (Phi) is 6.87. The van der Waals surface area contributed by atoms with Gasteiger partial charge in [-0.25, -0.2) is 4.98 Å². The van der Waals surface area contributed by atoms with E-state index in [1.165, 1.54) is 0 Å². The molecule has 28 heavy (non-hydrogen) atoms. The summed E-state index contributed by atoms with van der Waals surface area (Å²) < 4.78 is 5.16. The molecule has 0 atom stereocenters. The van der Waals surface area contributed by atoms with Gasteiger partial charge in [-0.15, -0.1) is 0 Å². The molecule has 0 spiro atoms. The maximum Gasteiger partial charge on any atom is 0.251 e. The minimum Gasteiger partial charge on any atom is -0.497 e. The Morgan fingerprint density at radius 3 is 2.64 bits per heavy atom. The van der Waals surface area contributed by atoms with Gasteiger partial charge >= 0.3 is 0 Å². The highest BCUT2D eigenvalue weighted by atomic mass is 35.5. The molecule has 1 amide bonds. The van der Waals surface area contributed by atoms with Gasteiger partial charge in [-0.1, -0.05) is 35.9 Å². The van der Waals surface area contributed by atoms with Gasteiger partial charge in [-0.2, -0.15) is 0 Å². The second-order valence-electron chi connectivity index (χ2n) is 6.27. The zero-order valence-electron chi connectivity index (χ0n) is 15.6. The van der Waals surface area contributed by atoms with Crippen molar-refractivity contribution in [2.75, 3.05) is 19.0 Å². The normalized spacial score (nSPS) is 10.4. The van der Waals surface area contributed by atoms with Crippen molar-refractivity contribution in [2.24, 2.45) is 0 Å². The van der Waals surface area contributed by atoms with Gasteiger partial charge in [-0.3, -0.25) is 4.79 Å². The van der Waals surface area contributed by atoms with Crippen molar-refractivity contribution >= 4 is 23.3 Å². The highest BCUT2D eigenvalue weighted by molar-refractivity contribution is 6.30. The van der Waals surface area contributed by atoms with E-state index in [9.17, 15) is 4.79 Å². The molecule has 1 aromatic heterocycles. The van der Waals surface area contributed by atoms with E-state index in [0.29, 0.717) is 29.5 Å². The van der Waals surface area contributed by atoms with Crippen LogP contribution in [0, 0.1) is 0 Å². The molecule has 0 saturated carbocycles. The third-order valence-electron chi connectivity index (χ3n) is 4.24. The zero-order chi connectivity index (χ0) is 19.8. The summed E-state index contributed by atoms with van der Waals surface area (Å²) >= 11 is 5.98. The van der Waals surface area contributed by atoms with Crippen LogP contribution in [0.3, 0.4) is 0 Å². The first kappa shape index (κ1) is 19.7. The summed E-state index contributed by atoms with van der Waals surface area (Å²) in [6.45, 7) is 1.15. The Balaban J connectivity index is 1.52. The average Bonchev–Trinajstić information content (AvgIpc) is 2.73. The SMILES string of the molecule is COc1ccc(CNc2cc(C(=O)NCCc3cccc(Cl)c3)ccn2)cc1. The topological polar surface area (TPSA) is 63.2 Å². The minimum atomic E-state index is -0.128. The number of nitrogens with zero attached hydrogens (tertiary/aromatic N) is 1. The second kappa shape index (κ2) is 9.76. The van der Waals surface area contributed by atoms with Crippen LogP contribution < -0.4 is 15.4 Å². The number of carbonyl (C=O) groups is 1. The van der Waals surface area contributed by atoms with Gasteiger partial charge in [0.05, 0.1) is 7.11 Å². The molecular weight excluding hydrogens is 374 g/mol. The number of pyridine rings is 1. The van der Waals surface area contributed by atoms with Crippen molar-refractivity contribution in [3.05, 3.63) is 88.6 Å². The summed E-state index contributed by atoms with van der Waals surface area (Å²) in [5.41, 5.74) is 2.75. The van der Waals surface area contributed by atoms with Crippen LogP contribution >= 0.6 is 11.6 Å². The average molecular weight is 396 g/mol. The molecular formula is C22H22ClN3O2. The molecule has 0 bridgehead atoms. The number of nitrogens with one attached hydrogen (secondary N) is 2. The monoisotopic (exact) mass is 395 g/mol. The molecule has 0 saturated heterocycles. The lowest BCUT2D eigenvalue weighted by Gasteiger charge is -2.09. The molecule has 3 rings (SSSR count). The van der Waals surface area contributed by atoms with Crippen LogP contribution in [0.2, 0.25) is 5.02 Å². The number of methoxy groups -OCH3 is 1. The number of ether oxygens (including phenoxy) is 1. The molecule has 5 nitrogen and oxygen atoms in total. The van der Waals surface area contributed by atoms with Gasteiger partial charge in [0.25, 0.3) is 5.91 Å². The predicted octanol–water partition coefficient (Wildman–Crippen LogP) is 4.33. The summed E-state index contributed by atoms with van der Waals surface area (Å²) in [5, 5.41) is 6.86. The van der Waals surface area contributed by atoms with Crippen molar-refractivity contribution in [2.45, 2.75) is 13.0 Å². The highest BCUT2D eigenvalue weighted by Gasteiger charge is 2.07. The van der Waals surface area contributed by atoms with E-state index < -0.39 is 0 Å². The molecule has 2 aromatic carbocycles. The van der Waals surface area contributed by atoms with E-state index in [1.807, 2.05) is 48.5 Å². The van der Waals surface area contributed by atoms with Crippen LogP contribution in [0.1, 0.15) is 21.5 Å². The Bertz CT molecular complexity index is 929. The van der Waals surface area contributed by atoms with Crippen LogP contribution in [0.4, 0.5) is 5.82 Å². The predicted molar refractivity (Wildman–Crippen MR) is 112 cm³/mol. The van der Waals surface area contributed by atoms with E-state index >= 15 is 0 Å². The van der Waals surface area contributed by atoms with Gasteiger partial charge in [0.2, 0.25) is 0 Å². The van der Waals surface area contributed by atoms with Crippen molar-refractivity contribution in [1.29, 1.82) is 0 Å². The molecule has 1 heterocycles. The van der Waals surface area contributed by atoms with Crippen LogP contribution in [0.25, 0.3) is 0 Å². The molecule has 144 valence electrons. The number of amides is 1. The van der Waals surface area contributed by atoms with Crippen LogP contribution in [-0.4, -0.2) is 24.5 Å². The second-order valence-corrected chi connectivity index (χ2v) is 6.70. The highest BCUT2D eigenvalue weighted by Crippen LogP contribution is 2.14. The minimum absolute atomic E-state index is 0.128. The fraction of sp³-hybridized carbons (Fsp3) is 0.182. The van der Waals surface area contributed by atoms with Crippen LogP contribution in [0.15, 0.2) is 66.9 Å². The van der Waals surface area contributed by atoms with Crippen molar-refractivity contribution < 1.29 is 9.53 Å². The van der Waals surface area contributed by atoms with E-state index in [0.717, 1.165) is 23.3 Å². The first-order valence-corrected chi connectivity index (χ1v) is 9.37. The van der Waals surface area contributed by atoms with E-state index in [2.05, 4.69) is 15.6 Å². The fourth-order valence-corrected chi connectivity index (χ4v) is 2.93. The van der Waals surface area contributed by atoms with E-state index in [1.54, 1.807) is 25.4 Å². The fourth-order valence-electron chi connectivity index (χ4n) is 2.72. The lowest BCUT2D eigenvalue weighted by molar-refractivity contribution is 0.0954. The first-order valence-electron chi connectivity index (χ1n) is 8.99. The molecule has 0 radical (unpaired) electrons. The van der Waals surface area contributed by atoms with Crippen molar-refractivity contribution in [3.8, 4) is 5.75 Å². The molecule has 0 aliphatic rings. The standard InChI is InChI=1S/C22H22ClN3O2/c1-28-20-7-5-17(6-8-20)15-26-21-14-18(10-12-24-21)22(27)25-11-9-16-3-2-4-19(23)13-16/h2-8,10,12-14H,9,11,15H2,1H3,(H,24,26)(H,25,27). The number of halogens is 1. The third-order valence-corrected chi connectivity index (χ3v) is 4.48. The number of aromatic nitrogens is 1. The van der Waals surface area contributed by atoms with Crippen molar-refractivity contribution in [1.82, 2.24) is 10.3 Å². The number of hydrogen-bond acceptors (Lipinski definition) is 4. The number of rotatable bonds is 8. The Labute approximate surface area is 169 Å². The molecule has 6 heteroatoms. The number of hydrogen-bond donors (Lipinski definition) is 2. The molecule has 2 N–H and O–H groups in total. The molecule has 0 fully saturated rings. The Morgan fingerprint density at radius 1 is 1.07 bits per heavy atom. The van der Waals surface area contributed by atoms with Gasteiger partial charge in [0, 0.05) is 29.9 Å². The largest absolute Gasteiger partial charge is 0.497 e. The maximum absolute atomic E-state index is 12.4. The summed E-state index contributed by atoms with van der Waals surface area (Å²) in [6, 6.07) is 18.9. The number of benzene rings is 2. The summed E-state index contributed by atoms with van der Waals surface area (Å²) in [6.07, 6.45) is 2.35. The molecule has 0 aliphatic heterocycles. The zero-order valence-corrected chi connectivity index (χ0v) is 16.4. The van der Waals surface area contributed by atoms with Gasteiger partial charge < -0.3 is 15.4 Å². The van der Waals surface area contributed by atoms with Crippen molar-refractivity contribution in [3.63, 3.8) is 0 Å². The third kappa shape index (κ3) is 5.72. The lowest BCUT2D eigenvalue weighted by atomic mass is 10.1. The Hall–Kier alpha value is -3.05. The summed E-state index contributed by atoms with van der Waals surface area (Å²) in [7, 11) is 1.64. The lowest BCUT2D eigenvalue weighted by Crippen LogP contribution is -2.25. The maximum atomic E-state index is 12.4. The van der Waals surface area contributed by atoms with Crippen LogP contribution in [0.5, 0.6) is 5.75 Å². The van der Waals surface area contributed by atoms with Gasteiger partial charge in [0.1, 0.15) is 11.6 Å². The molecule has 3 aromatic rings. The van der Waals surface area contributed by atoms with Gasteiger partial charge in [0.15, 0.2) is 0 Å². The van der Waals surface area contributed by atoms with E-state index in [-0.39, 0.29) is 5.91 Å².